The second kappa shape index (κ2) is 3.45. The molecule has 0 radical (unpaired) electrons. The van der Waals surface area contributed by atoms with Crippen molar-refractivity contribution < 1.29 is 13.5 Å². The van der Waals surface area contributed by atoms with Gasteiger partial charge in [0, 0.05) is 12.5 Å². The first-order chi connectivity index (χ1) is 5.17. The summed E-state index contributed by atoms with van der Waals surface area (Å²) in [5.41, 5.74) is 5.21. The Morgan fingerprint density at radius 3 is 2.82 bits per heavy atom. The lowest BCUT2D eigenvalue weighted by Crippen LogP contribution is -2.39. The molecular weight excluding hydrogens is 152 g/mol. The minimum Gasteiger partial charge on any atom is -0.375 e. The molecule has 1 saturated heterocycles. The van der Waals surface area contributed by atoms with E-state index in [-0.39, 0.29) is 0 Å². The molecule has 66 valence electrons. The summed E-state index contributed by atoms with van der Waals surface area (Å²) in [6, 6.07) is 0. The van der Waals surface area contributed by atoms with Crippen LogP contribution in [-0.2, 0) is 4.74 Å². The third-order valence-electron chi connectivity index (χ3n) is 2.02. The lowest BCUT2D eigenvalue weighted by atomic mass is 9.93. The molecule has 4 heteroatoms. The number of hydrogen-bond donors (Lipinski definition) is 1. The van der Waals surface area contributed by atoms with E-state index in [0.717, 1.165) is 0 Å². The molecule has 2 N–H and O–H groups in total. The van der Waals surface area contributed by atoms with Gasteiger partial charge in [-0.3, -0.25) is 0 Å². The average Bonchev–Trinajstić information content (AvgIpc) is 1.94. The zero-order valence-electron chi connectivity index (χ0n) is 6.35. The minimum atomic E-state index is -2.66. The van der Waals surface area contributed by atoms with Gasteiger partial charge in [-0.1, -0.05) is 0 Å². The quantitative estimate of drug-likeness (QED) is 0.662. The van der Waals surface area contributed by atoms with Crippen molar-refractivity contribution >= 4 is 0 Å². The maximum Gasteiger partial charge on any atom is 0.273 e. The van der Waals surface area contributed by atoms with Crippen molar-refractivity contribution in [1.82, 2.24) is 0 Å². The van der Waals surface area contributed by atoms with Crippen LogP contribution in [0.5, 0.6) is 0 Å². The zero-order chi connectivity index (χ0) is 8.32. The Bertz CT molecular complexity index is 128. The van der Waals surface area contributed by atoms with E-state index in [9.17, 15) is 8.78 Å². The fraction of sp³-hybridized carbons (Fsp3) is 1.00. The highest BCUT2D eigenvalue weighted by atomic mass is 19.3. The average molecular weight is 165 g/mol. The van der Waals surface area contributed by atoms with Gasteiger partial charge < -0.3 is 10.5 Å². The predicted molar refractivity (Wildman–Crippen MR) is 37.5 cm³/mol. The molecule has 1 aliphatic heterocycles. The Morgan fingerprint density at radius 1 is 1.55 bits per heavy atom. The molecule has 0 aliphatic carbocycles. The van der Waals surface area contributed by atoms with E-state index in [1.54, 1.807) is 0 Å². The molecule has 0 aromatic heterocycles. The molecule has 0 saturated carbocycles. The molecule has 0 spiro atoms. The Hall–Kier alpha value is -0.220. The molecule has 1 heterocycles. The molecule has 1 unspecified atom stereocenters. The number of halogens is 2. The maximum absolute atomic E-state index is 12.9. The molecule has 0 bridgehead atoms. The van der Waals surface area contributed by atoms with Crippen LogP contribution in [0.3, 0.4) is 0 Å². The monoisotopic (exact) mass is 165 g/mol. The molecule has 1 atom stereocenters. The maximum atomic E-state index is 12.9. The molecule has 1 fully saturated rings. The normalized spacial score (nSPS) is 30.3. The van der Waals surface area contributed by atoms with Gasteiger partial charge >= 0.3 is 0 Å². The van der Waals surface area contributed by atoms with Crippen molar-refractivity contribution in [3.63, 3.8) is 0 Å². The van der Waals surface area contributed by atoms with Crippen molar-refractivity contribution in [1.29, 1.82) is 0 Å². The molecule has 0 amide bonds. The van der Waals surface area contributed by atoms with E-state index in [1.165, 1.54) is 0 Å². The smallest absolute Gasteiger partial charge is 0.273 e. The van der Waals surface area contributed by atoms with Gasteiger partial charge in [-0.2, -0.15) is 0 Å². The van der Waals surface area contributed by atoms with Gasteiger partial charge in [-0.25, -0.2) is 8.78 Å². The fourth-order valence-electron chi connectivity index (χ4n) is 1.32. The number of rotatable bonds is 2. The largest absolute Gasteiger partial charge is 0.375 e. The van der Waals surface area contributed by atoms with Crippen LogP contribution >= 0.6 is 0 Å². The predicted octanol–water partition coefficient (Wildman–Crippen LogP) is 1.01. The van der Waals surface area contributed by atoms with E-state index in [2.05, 4.69) is 4.74 Å². The number of hydrogen-bond acceptors (Lipinski definition) is 2. The van der Waals surface area contributed by atoms with E-state index in [4.69, 9.17) is 5.73 Å². The van der Waals surface area contributed by atoms with E-state index >= 15 is 0 Å². The van der Waals surface area contributed by atoms with E-state index in [0.29, 0.717) is 26.0 Å². The van der Waals surface area contributed by atoms with E-state index in [1.807, 2.05) is 0 Å². The topological polar surface area (TPSA) is 35.2 Å². The summed E-state index contributed by atoms with van der Waals surface area (Å²) in [6.45, 7) is 0.345. The summed E-state index contributed by atoms with van der Waals surface area (Å²) in [6.07, 6.45) is 0.834. The first kappa shape index (κ1) is 8.87. The van der Waals surface area contributed by atoms with Gasteiger partial charge in [0.05, 0.1) is 0 Å². The van der Waals surface area contributed by atoms with Gasteiger partial charge in [0.25, 0.3) is 5.92 Å². The fourth-order valence-corrected chi connectivity index (χ4v) is 1.32. The van der Waals surface area contributed by atoms with Crippen molar-refractivity contribution in [2.45, 2.75) is 18.8 Å². The van der Waals surface area contributed by atoms with Gasteiger partial charge in [0.1, 0.15) is 6.61 Å². The Labute approximate surface area is 64.7 Å². The lowest BCUT2D eigenvalue weighted by molar-refractivity contribution is -0.155. The van der Waals surface area contributed by atoms with Crippen LogP contribution in [0.25, 0.3) is 0 Å². The van der Waals surface area contributed by atoms with Crippen molar-refractivity contribution in [2.24, 2.45) is 11.7 Å². The molecule has 1 rings (SSSR count). The second-order valence-electron chi connectivity index (χ2n) is 2.88. The van der Waals surface area contributed by atoms with Crippen LogP contribution in [-0.4, -0.2) is 25.7 Å². The summed E-state index contributed by atoms with van der Waals surface area (Å²) in [5.74, 6) is -3.22. The van der Waals surface area contributed by atoms with Crippen molar-refractivity contribution in [3.8, 4) is 0 Å². The molecule has 1 aliphatic rings. The molecule has 0 aromatic carbocycles. The first-order valence-corrected chi connectivity index (χ1v) is 3.82. The Balaban J connectivity index is 2.45. The third-order valence-corrected chi connectivity index (χ3v) is 2.02. The van der Waals surface area contributed by atoms with Crippen LogP contribution in [0.2, 0.25) is 0 Å². The van der Waals surface area contributed by atoms with Crippen LogP contribution in [0.1, 0.15) is 12.8 Å². The first-order valence-electron chi connectivity index (χ1n) is 3.82. The van der Waals surface area contributed by atoms with Gasteiger partial charge in [-0.05, 0) is 19.4 Å². The summed E-state index contributed by atoms with van der Waals surface area (Å²) in [7, 11) is 0. The Kier molecular flexibility index (Phi) is 2.78. The highest BCUT2D eigenvalue weighted by molar-refractivity contribution is 4.80. The SMILES string of the molecule is NCCC1CCOCC1(F)F. The summed E-state index contributed by atoms with van der Waals surface area (Å²) < 4.78 is 30.4. The number of nitrogens with two attached hydrogens (primary N) is 1. The van der Waals surface area contributed by atoms with Crippen LogP contribution in [0.15, 0.2) is 0 Å². The van der Waals surface area contributed by atoms with Crippen LogP contribution in [0, 0.1) is 5.92 Å². The standard InChI is InChI=1S/C7H13F2NO/c8-7(9)5-11-4-2-6(7)1-3-10/h6H,1-5,10H2. The Morgan fingerprint density at radius 2 is 2.27 bits per heavy atom. The minimum absolute atomic E-state index is 0.334. The highest BCUT2D eigenvalue weighted by Crippen LogP contribution is 2.33. The molecule has 11 heavy (non-hydrogen) atoms. The molecule has 2 nitrogen and oxygen atoms in total. The summed E-state index contributed by atoms with van der Waals surface area (Å²) in [5, 5.41) is 0. The molecule has 0 aromatic rings. The summed E-state index contributed by atoms with van der Waals surface area (Å²) >= 11 is 0. The lowest BCUT2D eigenvalue weighted by Gasteiger charge is -2.30. The third kappa shape index (κ3) is 2.10. The van der Waals surface area contributed by atoms with Gasteiger partial charge in [0.2, 0.25) is 0 Å². The van der Waals surface area contributed by atoms with Crippen molar-refractivity contribution in [3.05, 3.63) is 0 Å². The highest BCUT2D eigenvalue weighted by Gasteiger charge is 2.41. The zero-order valence-corrected chi connectivity index (χ0v) is 6.35. The van der Waals surface area contributed by atoms with E-state index < -0.39 is 18.4 Å². The second-order valence-corrected chi connectivity index (χ2v) is 2.88. The van der Waals surface area contributed by atoms with Gasteiger partial charge in [-0.15, -0.1) is 0 Å². The number of ether oxygens (including phenoxy) is 1. The summed E-state index contributed by atoms with van der Waals surface area (Å²) in [4.78, 5) is 0. The van der Waals surface area contributed by atoms with Crippen molar-refractivity contribution in [2.75, 3.05) is 19.8 Å². The van der Waals surface area contributed by atoms with Gasteiger partial charge in [0.15, 0.2) is 0 Å². The van der Waals surface area contributed by atoms with Crippen LogP contribution in [0.4, 0.5) is 8.78 Å². The molecular formula is C7H13F2NO. The number of alkyl halides is 2. The van der Waals surface area contributed by atoms with Crippen LogP contribution < -0.4 is 5.73 Å².